The van der Waals surface area contributed by atoms with E-state index < -0.39 is 97.5 Å². The van der Waals surface area contributed by atoms with Gasteiger partial charge < -0.3 is 33.8 Å². The van der Waals surface area contributed by atoms with E-state index >= 15 is 0 Å². The molecule has 0 aliphatic carbocycles. The van der Waals surface area contributed by atoms with Crippen LogP contribution >= 0.6 is 15.6 Å². The lowest BCUT2D eigenvalue weighted by molar-refractivity contribution is -0.161. The maximum Gasteiger partial charge on any atom is 0.472 e. The minimum absolute atomic E-state index is 0.109. The molecule has 3 N–H and O–H groups in total. The number of unbranched alkanes of at least 4 members (excludes halogenated alkanes) is 56. The van der Waals surface area contributed by atoms with Gasteiger partial charge in [0.1, 0.15) is 19.3 Å². The molecule has 0 fully saturated rings. The summed E-state index contributed by atoms with van der Waals surface area (Å²) in [5.74, 6) is -1.25. The minimum Gasteiger partial charge on any atom is -0.462 e. The first-order chi connectivity index (χ1) is 50.6. The van der Waals surface area contributed by atoms with E-state index in [-0.39, 0.29) is 25.7 Å². The molecule has 3 unspecified atom stereocenters. The summed E-state index contributed by atoms with van der Waals surface area (Å²) in [6.07, 6.45) is 70.7. The van der Waals surface area contributed by atoms with Crippen LogP contribution in [0.3, 0.4) is 0 Å². The van der Waals surface area contributed by atoms with Crippen molar-refractivity contribution in [2.24, 2.45) is 5.92 Å². The number of ether oxygens (including phenoxy) is 4. The number of esters is 4. The van der Waals surface area contributed by atoms with Crippen molar-refractivity contribution in [3.8, 4) is 0 Å². The van der Waals surface area contributed by atoms with Gasteiger partial charge in [-0.1, -0.05) is 407 Å². The fourth-order valence-electron chi connectivity index (χ4n) is 13.3. The highest BCUT2D eigenvalue weighted by Gasteiger charge is 2.30. The Morgan fingerprint density at radius 2 is 0.462 bits per heavy atom. The molecule has 0 spiro atoms. The summed E-state index contributed by atoms with van der Waals surface area (Å²) in [4.78, 5) is 73.2. The Bertz CT molecular complexity index is 1980. The van der Waals surface area contributed by atoms with E-state index in [1.54, 1.807) is 0 Å². The quantitative estimate of drug-likeness (QED) is 0.0222. The van der Waals surface area contributed by atoms with Crippen molar-refractivity contribution in [3.63, 3.8) is 0 Å². The second kappa shape index (κ2) is 77.8. The maximum absolute atomic E-state index is 13.1. The first-order valence-corrected chi connectivity index (χ1v) is 47.2. The van der Waals surface area contributed by atoms with Crippen LogP contribution in [0.5, 0.6) is 0 Å². The molecule has 0 aromatic heterocycles. The summed E-state index contributed by atoms with van der Waals surface area (Å²) in [6, 6.07) is 0. The average Bonchev–Trinajstić information content (AvgIpc) is 0.928. The van der Waals surface area contributed by atoms with E-state index in [1.807, 2.05) is 0 Å². The lowest BCUT2D eigenvalue weighted by Crippen LogP contribution is -2.30. The molecule has 0 aromatic rings. The van der Waals surface area contributed by atoms with Gasteiger partial charge in [-0.05, 0) is 31.6 Å². The second-order valence-electron chi connectivity index (χ2n) is 30.8. The Hall–Kier alpha value is -1.94. The van der Waals surface area contributed by atoms with Gasteiger partial charge in [0.25, 0.3) is 0 Å². The third-order valence-corrected chi connectivity index (χ3v) is 22.3. The molecule has 0 aliphatic rings. The molecule has 618 valence electrons. The van der Waals surface area contributed by atoms with Crippen molar-refractivity contribution in [1.82, 2.24) is 0 Å². The third kappa shape index (κ3) is 76.8. The highest BCUT2D eigenvalue weighted by Crippen LogP contribution is 2.45. The fourth-order valence-corrected chi connectivity index (χ4v) is 14.8. The Kier molecular flexibility index (Phi) is 76.3. The van der Waals surface area contributed by atoms with Crippen LogP contribution < -0.4 is 0 Å². The number of hydrogen-bond donors (Lipinski definition) is 3. The molecule has 0 aliphatic heterocycles. The molecule has 0 aromatic carbocycles. The van der Waals surface area contributed by atoms with Gasteiger partial charge in [0, 0.05) is 25.7 Å². The van der Waals surface area contributed by atoms with Crippen molar-refractivity contribution in [2.45, 2.75) is 477 Å². The van der Waals surface area contributed by atoms with Crippen LogP contribution in [-0.2, 0) is 65.4 Å². The topological polar surface area (TPSA) is 237 Å². The first-order valence-electron chi connectivity index (χ1n) is 44.2. The van der Waals surface area contributed by atoms with Crippen LogP contribution in [0.1, 0.15) is 458 Å². The first kappa shape index (κ1) is 102. The third-order valence-electron chi connectivity index (χ3n) is 20.4. The Morgan fingerprint density at radius 3 is 0.683 bits per heavy atom. The van der Waals surface area contributed by atoms with Gasteiger partial charge in [-0.3, -0.25) is 37.3 Å². The van der Waals surface area contributed by atoms with Gasteiger partial charge >= 0.3 is 39.5 Å². The summed E-state index contributed by atoms with van der Waals surface area (Å²) < 4.78 is 68.9. The molecule has 0 rings (SSSR count). The number of carbonyl (C=O) groups is 4. The van der Waals surface area contributed by atoms with Crippen molar-refractivity contribution in [1.29, 1.82) is 0 Å². The normalized spacial score (nSPS) is 14.0. The summed E-state index contributed by atoms with van der Waals surface area (Å²) in [6.45, 7) is 7.41. The van der Waals surface area contributed by atoms with E-state index in [4.69, 9.17) is 37.0 Å². The second-order valence-corrected chi connectivity index (χ2v) is 33.7. The van der Waals surface area contributed by atoms with Crippen molar-refractivity contribution < 1.29 is 80.2 Å². The largest absolute Gasteiger partial charge is 0.472 e. The zero-order chi connectivity index (χ0) is 76.2. The van der Waals surface area contributed by atoms with Crippen LogP contribution in [0.4, 0.5) is 0 Å². The van der Waals surface area contributed by atoms with Crippen molar-refractivity contribution >= 4 is 39.5 Å². The molecule has 19 heteroatoms. The van der Waals surface area contributed by atoms with E-state index in [9.17, 15) is 43.2 Å². The highest BCUT2D eigenvalue weighted by molar-refractivity contribution is 7.47. The molecule has 17 nitrogen and oxygen atoms in total. The molecule has 0 heterocycles. The lowest BCUT2D eigenvalue weighted by Gasteiger charge is -2.21. The van der Waals surface area contributed by atoms with Crippen LogP contribution in [0.2, 0.25) is 0 Å². The van der Waals surface area contributed by atoms with E-state index in [1.165, 1.54) is 283 Å². The summed E-state index contributed by atoms with van der Waals surface area (Å²) in [7, 11) is -9.92. The number of hydrogen-bond acceptors (Lipinski definition) is 15. The molecular weight excluding hydrogens is 1350 g/mol. The molecule has 0 bridgehead atoms. The number of aliphatic hydroxyl groups excluding tert-OH is 1. The van der Waals surface area contributed by atoms with Gasteiger partial charge in [0.05, 0.1) is 26.4 Å². The van der Waals surface area contributed by atoms with E-state index in [0.29, 0.717) is 25.7 Å². The molecule has 104 heavy (non-hydrogen) atoms. The standard InChI is InChI=1S/C85H166O17P2/c1-6-10-13-16-19-22-25-27-29-31-32-33-34-36-42-46-51-56-61-66-71-85(90)102-81(75-96-83(88)69-64-59-54-49-44-40-38-37-39-43-47-52-57-62-67-78(5)9-4)77-100-104(93,94)98-73-79(86)72-97-103(91,92)99-76-80(74-95-82(87)68-63-58-53-48-24-21-18-15-12-8-3)101-84(89)70-65-60-55-50-45-41-35-30-28-26-23-20-17-14-11-7-2/h78-81,86H,6-77H2,1-5H3,(H,91,92)(H,93,94)/t78?,79-,80+,81+/m0/s1. The Labute approximate surface area is 638 Å². The number of aliphatic hydroxyl groups is 1. The van der Waals surface area contributed by atoms with Gasteiger partial charge in [0.15, 0.2) is 12.2 Å². The zero-order valence-electron chi connectivity index (χ0n) is 68.2. The van der Waals surface area contributed by atoms with Gasteiger partial charge in [-0.15, -0.1) is 0 Å². The molecule has 6 atom stereocenters. The van der Waals surface area contributed by atoms with E-state index in [2.05, 4.69) is 34.6 Å². The Balaban J connectivity index is 5.23. The monoisotopic (exact) mass is 1520 g/mol. The minimum atomic E-state index is -4.96. The van der Waals surface area contributed by atoms with Crippen molar-refractivity contribution in [2.75, 3.05) is 39.6 Å². The summed E-state index contributed by atoms with van der Waals surface area (Å²) in [5, 5.41) is 10.7. The van der Waals surface area contributed by atoms with Crippen LogP contribution in [-0.4, -0.2) is 96.7 Å². The SMILES string of the molecule is CCCCCCCCCCCCCCCCCCCCCCC(=O)O[C@H](COC(=O)CCCCCCCCCCCCCCCCC(C)CC)COP(=O)(O)OC[C@@H](O)COP(=O)(O)OC[C@@H](COC(=O)CCCCCCCCCCCC)OC(=O)CCCCCCCCCCCCCCCCCC. The Morgan fingerprint density at radius 1 is 0.269 bits per heavy atom. The predicted octanol–water partition coefficient (Wildman–Crippen LogP) is 26.0. The smallest absolute Gasteiger partial charge is 0.462 e. The highest BCUT2D eigenvalue weighted by atomic mass is 31.2. The molecular formula is C85H166O17P2. The van der Waals surface area contributed by atoms with Crippen LogP contribution in [0.15, 0.2) is 0 Å². The number of carbonyl (C=O) groups excluding carboxylic acids is 4. The molecule has 0 saturated heterocycles. The van der Waals surface area contributed by atoms with Crippen LogP contribution in [0, 0.1) is 5.92 Å². The maximum atomic E-state index is 13.1. The fraction of sp³-hybridized carbons (Fsp3) is 0.953. The lowest BCUT2D eigenvalue weighted by atomic mass is 9.99. The zero-order valence-corrected chi connectivity index (χ0v) is 70.0. The summed E-state index contributed by atoms with van der Waals surface area (Å²) >= 11 is 0. The molecule has 0 saturated carbocycles. The predicted molar refractivity (Wildman–Crippen MR) is 428 cm³/mol. The van der Waals surface area contributed by atoms with Gasteiger partial charge in [0.2, 0.25) is 0 Å². The molecule has 0 amide bonds. The average molecular weight is 1520 g/mol. The van der Waals surface area contributed by atoms with E-state index in [0.717, 1.165) is 95.8 Å². The van der Waals surface area contributed by atoms with Crippen LogP contribution in [0.25, 0.3) is 0 Å². The van der Waals surface area contributed by atoms with Gasteiger partial charge in [-0.2, -0.15) is 0 Å². The number of phosphoric ester groups is 2. The number of rotatable bonds is 85. The molecule has 0 radical (unpaired) electrons. The van der Waals surface area contributed by atoms with Crippen molar-refractivity contribution in [3.05, 3.63) is 0 Å². The van der Waals surface area contributed by atoms with Gasteiger partial charge in [-0.25, -0.2) is 9.13 Å². The number of phosphoric acid groups is 2. The summed E-state index contributed by atoms with van der Waals surface area (Å²) in [5.41, 5.74) is 0.